The van der Waals surface area contributed by atoms with Crippen LogP contribution in [-0.2, 0) is 0 Å². The summed E-state index contributed by atoms with van der Waals surface area (Å²) in [5.74, 6) is -0.199. The monoisotopic (exact) mass is 227 g/mol. The second-order valence-corrected chi connectivity index (χ2v) is 4.97. The van der Waals surface area contributed by atoms with Crippen molar-refractivity contribution in [1.82, 2.24) is 4.90 Å². The molecule has 0 radical (unpaired) electrons. The predicted molar refractivity (Wildman–Crippen MR) is 61.1 cm³/mol. The van der Waals surface area contributed by atoms with Crippen molar-refractivity contribution in [3.8, 4) is 0 Å². The van der Waals surface area contributed by atoms with Crippen molar-refractivity contribution in [3.63, 3.8) is 0 Å². The fraction of sp³-hybridized carbons (Fsp3) is 0.500. The minimum Gasteiger partial charge on any atom is -0.364 e. The van der Waals surface area contributed by atoms with Crippen molar-refractivity contribution in [3.05, 3.63) is 35.3 Å². The summed E-state index contributed by atoms with van der Waals surface area (Å²) in [7, 11) is 0. The molecule has 0 spiro atoms. The van der Waals surface area contributed by atoms with Crippen molar-refractivity contribution >= 4 is 11.6 Å². The molecule has 1 nitrogen and oxygen atoms in total. The van der Waals surface area contributed by atoms with E-state index in [2.05, 4.69) is 25.7 Å². The van der Waals surface area contributed by atoms with Gasteiger partial charge in [0.15, 0.2) is 0 Å². The molecule has 2 aliphatic rings. The lowest BCUT2D eigenvalue weighted by molar-refractivity contribution is 0.165. The molecule has 2 atom stereocenters. The first-order chi connectivity index (χ1) is 6.96. The number of nitrogens with zero attached hydrogens (tertiary/aromatic N) is 1. The first-order valence-electron chi connectivity index (χ1n) is 5.18. The molecule has 3 heteroatoms. The van der Waals surface area contributed by atoms with Crippen LogP contribution in [0.3, 0.4) is 0 Å². The maximum atomic E-state index is 13.2. The SMILES string of the molecule is CC(C)N1C=CC2C=C(F)C=C(Cl)C21C. The molecule has 0 aromatic rings. The van der Waals surface area contributed by atoms with E-state index in [1.807, 2.05) is 12.3 Å². The molecule has 82 valence electrons. The molecule has 1 aliphatic carbocycles. The molecule has 0 bridgehead atoms. The minimum atomic E-state index is -0.300. The quantitative estimate of drug-likeness (QED) is 0.662. The molecule has 0 amide bonds. The van der Waals surface area contributed by atoms with Gasteiger partial charge >= 0.3 is 0 Å². The molecule has 0 fully saturated rings. The number of rotatable bonds is 1. The van der Waals surface area contributed by atoms with Crippen molar-refractivity contribution in [1.29, 1.82) is 0 Å². The Morgan fingerprint density at radius 1 is 1.53 bits per heavy atom. The van der Waals surface area contributed by atoms with Gasteiger partial charge in [-0.15, -0.1) is 0 Å². The Bertz CT molecular complexity index is 370. The van der Waals surface area contributed by atoms with Crippen molar-refractivity contribution in [2.45, 2.75) is 32.4 Å². The van der Waals surface area contributed by atoms with E-state index in [4.69, 9.17) is 11.6 Å². The summed E-state index contributed by atoms with van der Waals surface area (Å²) in [4.78, 5) is 2.18. The van der Waals surface area contributed by atoms with Gasteiger partial charge in [0.1, 0.15) is 5.83 Å². The van der Waals surface area contributed by atoms with Crippen LogP contribution in [-0.4, -0.2) is 16.5 Å². The Balaban J connectivity index is 2.43. The highest BCUT2D eigenvalue weighted by molar-refractivity contribution is 6.31. The molecule has 0 aromatic heterocycles. The summed E-state index contributed by atoms with van der Waals surface area (Å²) < 4.78 is 13.2. The number of hydrogen-bond acceptors (Lipinski definition) is 1. The summed E-state index contributed by atoms with van der Waals surface area (Å²) in [6, 6.07) is 0.355. The van der Waals surface area contributed by atoms with Crippen LogP contribution in [0.4, 0.5) is 4.39 Å². The zero-order valence-corrected chi connectivity index (χ0v) is 9.92. The van der Waals surface area contributed by atoms with E-state index in [0.717, 1.165) is 0 Å². The summed E-state index contributed by atoms with van der Waals surface area (Å²) in [5.41, 5.74) is -0.300. The second kappa shape index (κ2) is 3.38. The van der Waals surface area contributed by atoms with E-state index in [1.54, 1.807) is 6.08 Å². The lowest BCUT2D eigenvalue weighted by atomic mass is 9.82. The smallest absolute Gasteiger partial charge is 0.121 e. The zero-order chi connectivity index (χ0) is 11.2. The molecule has 0 saturated heterocycles. The molecule has 1 heterocycles. The van der Waals surface area contributed by atoms with Gasteiger partial charge in [-0.1, -0.05) is 17.7 Å². The molecule has 2 unspecified atom stereocenters. The number of hydrogen-bond donors (Lipinski definition) is 0. The molecular weight excluding hydrogens is 213 g/mol. The van der Waals surface area contributed by atoms with Crippen molar-refractivity contribution in [2.75, 3.05) is 0 Å². The Kier molecular flexibility index (Phi) is 2.42. The highest BCUT2D eigenvalue weighted by Gasteiger charge is 2.45. The van der Waals surface area contributed by atoms with Gasteiger partial charge < -0.3 is 4.90 Å². The van der Waals surface area contributed by atoms with Crippen LogP contribution in [0, 0.1) is 5.92 Å². The first kappa shape index (κ1) is 10.7. The normalized spacial score (nSPS) is 34.3. The van der Waals surface area contributed by atoms with E-state index in [0.29, 0.717) is 11.1 Å². The Hall–Kier alpha value is -0.760. The van der Waals surface area contributed by atoms with Crippen LogP contribution in [0.5, 0.6) is 0 Å². The Morgan fingerprint density at radius 3 is 2.80 bits per heavy atom. The van der Waals surface area contributed by atoms with Crippen molar-refractivity contribution < 1.29 is 4.39 Å². The predicted octanol–water partition coefficient (Wildman–Crippen LogP) is 3.59. The summed E-state index contributed by atoms with van der Waals surface area (Å²) in [5, 5.41) is 0.575. The molecule has 2 rings (SSSR count). The lowest BCUT2D eigenvalue weighted by Crippen LogP contribution is -2.48. The van der Waals surface area contributed by atoms with Gasteiger partial charge in [0.25, 0.3) is 0 Å². The van der Waals surface area contributed by atoms with Gasteiger partial charge in [0.05, 0.1) is 5.54 Å². The molecule has 15 heavy (non-hydrogen) atoms. The van der Waals surface area contributed by atoms with Gasteiger partial charge in [-0.25, -0.2) is 4.39 Å². The fourth-order valence-electron chi connectivity index (χ4n) is 2.40. The molecule has 0 N–H and O–H groups in total. The van der Waals surface area contributed by atoms with Crippen LogP contribution in [0.1, 0.15) is 20.8 Å². The first-order valence-corrected chi connectivity index (χ1v) is 5.56. The third-order valence-electron chi connectivity index (χ3n) is 3.28. The van der Waals surface area contributed by atoms with E-state index in [9.17, 15) is 4.39 Å². The van der Waals surface area contributed by atoms with Crippen molar-refractivity contribution in [2.24, 2.45) is 5.92 Å². The third-order valence-corrected chi connectivity index (χ3v) is 3.77. The molecule has 1 aliphatic heterocycles. The molecule has 0 aromatic carbocycles. The lowest BCUT2D eigenvalue weighted by Gasteiger charge is -2.43. The maximum Gasteiger partial charge on any atom is 0.121 e. The topological polar surface area (TPSA) is 3.24 Å². The fourth-order valence-corrected chi connectivity index (χ4v) is 2.72. The summed E-state index contributed by atoms with van der Waals surface area (Å²) >= 11 is 6.19. The zero-order valence-electron chi connectivity index (χ0n) is 9.17. The van der Waals surface area contributed by atoms with Crippen LogP contribution >= 0.6 is 11.6 Å². The average molecular weight is 228 g/mol. The van der Waals surface area contributed by atoms with E-state index < -0.39 is 0 Å². The highest BCUT2D eigenvalue weighted by atomic mass is 35.5. The van der Waals surface area contributed by atoms with Crippen LogP contribution in [0.25, 0.3) is 0 Å². The van der Waals surface area contributed by atoms with E-state index in [1.165, 1.54) is 6.08 Å². The molecule has 0 saturated carbocycles. The number of fused-ring (bicyclic) bond motifs is 1. The van der Waals surface area contributed by atoms with Gasteiger partial charge in [0, 0.05) is 17.0 Å². The van der Waals surface area contributed by atoms with Gasteiger partial charge in [-0.3, -0.25) is 0 Å². The molecular formula is C12H15ClFN. The summed E-state index contributed by atoms with van der Waals surface area (Å²) in [6.45, 7) is 6.27. The van der Waals surface area contributed by atoms with Gasteiger partial charge in [0.2, 0.25) is 0 Å². The average Bonchev–Trinajstić information content (AvgIpc) is 2.44. The Morgan fingerprint density at radius 2 is 2.20 bits per heavy atom. The van der Waals surface area contributed by atoms with Gasteiger partial charge in [-0.2, -0.15) is 0 Å². The third kappa shape index (κ3) is 1.43. The largest absolute Gasteiger partial charge is 0.364 e. The van der Waals surface area contributed by atoms with Crippen LogP contribution in [0.15, 0.2) is 35.3 Å². The number of allylic oxidation sites excluding steroid dienone is 2. The van der Waals surface area contributed by atoms with Crippen LogP contribution < -0.4 is 0 Å². The minimum absolute atomic E-state index is 0.0393. The Labute approximate surface area is 94.9 Å². The van der Waals surface area contributed by atoms with Gasteiger partial charge in [-0.05, 0) is 39.1 Å². The maximum absolute atomic E-state index is 13.2. The van der Waals surface area contributed by atoms with E-state index in [-0.39, 0.29) is 17.3 Å². The van der Waals surface area contributed by atoms with E-state index >= 15 is 0 Å². The number of halogens is 2. The summed E-state index contributed by atoms with van der Waals surface area (Å²) in [6.07, 6.45) is 7.07. The standard InChI is InChI=1S/C12H15ClFN/c1-8(2)15-5-4-9-6-10(14)7-11(13)12(9,15)3/h4-9H,1-3H3. The second-order valence-electron chi connectivity index (χ2n) is 4.56. The van der Waals surface area contributed by atoms with Crippen LogP contribution in [0.2, 0.25) is 0 Å². The highest BCUT2D eigenvalue weighted by Crippen LogP contribution is 2.45.